The van der Waals surface area contributed by atoms with Crippen LogP contribution in [0.4, 0.5) is 0 Å². The third kappa shape index (κ3) is 6.52. The molecule has 6 rings (SSSR count). The number of benzene rings is 4. The van der Waals surface area contributed by atoms with E-state index < -0.39 is 11.8 Å². The maximum Gasteiger partial charge on any atom is 0.248 e. The summed E-state index contributed by atoms with van der Waals surface area (Å²) in [6, 6.07) is 24.2. The molecule has 0 saturated heterocycles. The molecular formula is C44H52N2O3. The normalized spacial score (nSPS) is 18.2. The van der Waals surface area contributed by atoms with E-state index in [0.717, 1.165) is 48.3 Å². The zero-order valence-corrected chi connectivity index (χ0v) is 30.6. The number of amides is 2. The number of primary amides is 2. The molecule has 0 saturated carbocycles. The minimum absolute atomic E-state index is 0.0393. The van der Waals surface area contributed by atoms with E-state index in [1.54, 1.807) is 0 Å². The van der Waals surface area contributed by atoms with Crippen molar-refractivity contribution in [3.05, 3.63) is 128 Å². The second-order valence-corrected chi connectivity index (χ2v) is 17.0. The largest absolute Gasteiger partial charge is 0.457 e. The van der Waals surface area contributed by atoms with Crippen molar-refractivity contribution in [2.24, 2.45) is 11.5 Å². The average molecular weight is 657 g/mol. The second kappa shape index (κ2) is 12.2. The Balaban J connectivity index is 1.54. The summed E-state index contributed by atoms with van der Waals surface area (Å²) in [6.45, 7) is 18.8. The highest BCUT2D eigenvalue weighted by Crippen LogP contribution is 2.52. The summed E-state index contributed by atoms with van der Waals surface area (Å²) in [4.78, 5) is 23.7. The van der Waals surface area contributed by atoms with Gasteiger partial charge in [0.05, 0.1) is 0 Å². The van der Waals surface area contributed by atoms with E-state index in [-0.39, 0.29) is 21.7 Å². The molecule has 4 N–H and O–H groups in total. The van der Waals surface area contributed by atoms with Crippen molar-refractivity contribution < 1.29 is 14.3 Å². The molecule has 0 aliphatic heterocycles. The van der Waals surface area contributed by atoms with Gasteiger partial charge in [-0.05, 0) is 117 Å². The number of carbonyl (C=O) groups excluding carboxylic acids is 2. The van der Waals surface area contributed by atoms with Gasteiger partial charge < -0.3 is 16.2 Å². The van der Waals surface area contributed by atoms with Crippen molar-refractivity contribution in [1.29, 1.82) is 0 Å². The Morgan fingerprint density at radius 2 is 0.837 bits per heavy atom. The predicted molar refractivity (Wildman–Crippen MR) is 199 cm³/mol. The van der Waals surface area contributed by atoms with E-state index in [1.807, 2.05) is 48.5 Å². The van der Waals surface area contributed by atoms with Crippen LogP contribution in [0, 0.1) is 0 Å². The minimum Gasteiger partial charge on any atom is -0.457 e. The van der Waals surface area contributed by atoms with Gasteiger partial charge in [0.15, 0.2) is 0 Å². The molecule has 0 aromatic heterocycles. The van der Waals surface area contributed by atoms with Crippen molar-refractivity contribution in [2.45, 2.75) is 116 Å². The highest BCUT2D eigenvalue weighted by atomic mass is 16.5. The molecule has 4 aromatic rings. The lowest BCUT2D eigenvalue weighted by Crippen LogP contribution is -2.35. The Morgan fingerprint density at radius 3 is 1.16 bits per heavy atom. The lowest BCUT2D eigenvalue weighted by atomic mass is 9.61. The van der Waals surface area contributed by atoms with Crippen molar-refractivity contribution in [3.63, 3.8) is 0 Å². The van der Waals surface area contributed by atoms with E-state index in [4.69, 9.17) is 16.2 Å². The summed E-state index contributed by atoms with van der Waals surface area (Å²) in [5.74, 6) is 0.875. The Kier molecular flexibility index (Phi) is 8.58. The maximum atomic E-state index is 11.9. The predicted octanol–water partition coefficient (Wildman–Crippen LogP) is 9.56. The van der Waals surface area contributed by atoms with Gasteiger partial charge in [-0.2, -0.15) is 0 Å². The van der Waals surface area contributed by atoms with E-state index in [9.17, 15) is 9.59 Å². The van der Waals surface area contributed by atoms with Crippen LogP contribution in [0.25, 0.3) is 0 Å². The van der Waals surface area contributed by atoms with E-state index in [1.165, 1.54) is 33.4 Å². The van der Waals surface area contributed by atoms with Gasteiger partial charge >= 0.3 is 0 Å². The first-order chi connectivity index (χ1) is 22.9. The highest BCUT2D eigenvalue weighted by molar-refractivity contribution is 5.93. The molecule has 4 aromatic carbocycles. The number of hydrogen-bond donors (Lipinski definition) is 2. The molecule has 49 heavy (non-hydrogen) atoms. The number of rotatable bonds is 8. The van der Waals surface area contributed by atoms with Crippen LogP contribution < -0.4 is 16.2 Å². The van der Waals surface area contributed by atoms with Crippen molar-refractivity contribution in [1.82, 2.24) is 0 Å². The fraction of sp³-hybridized carbons (Fsp3) is 0.409. The molecular weight excluding hydrogens is 604 g/mol. The van der Waals surface area contributed by atoms with E-state index >= 15 is 0 Å². The molecule has 256 valence electrons. The van der Waals surface area contributed by atoms with E-state index in [0.29, 0.717) is 24.0 Å². The topological polar surface area (TPSA) is 95.4 Å². The van der Waals surface area contributed by atoms with Crippen LogP contribution in [0.1, 0.15) is 146 Å². The molecule has 0 unspecified atom stereocenters. The van der Waals surface area contributed by atoms with Crippen LogP contribution in [-0.4, -0.2) is 11.8 Å². The third-order valence-corrected chi connectivity index (χ3v) is 11.6. The molecule has 0 heterocycles. The van der Waals surface area contributed by atoms with Gasteiger partial charge in [0, 0.05) is 35.1 Å². The van der Waals surface area contributed by atoms with Crippen molar-refractivity contribution in [2.75, 3.05) is 0 Å². The van der Waals surface area contributed by atoms with Gasteiger partial charge in [-0.25, -0.2) is 0 Å². The average Bonchev–Trinajstić information content (AvgIpc) is 3.03. The van der Waals surface area contributed by atoms with Crippen molar-refractivity contribution in [3.8, 4) is 11.5 Å². The maximum absolute atomic E-state index is 11.9. The molecule has 0 bridgehead atoms. The van der Waals surface area contributed by atoms with Gasteiger partial charge in [0.1, 0.15) is 11.5 Å². The molecule has 0 radical (unpaired) electrons. The Morgan fingerprint density at radius 1 is 0.510 bits per heavy atom. The Labute approximate surface area is 292 Å². The molecule has 0 spiro atoms. The molecule has 0 atom stereocenters. The van der Waals surface area contributed by atoms with Crippen molar-refractivity contribution >= 4 is 11.8 Å². The Hall–Kier alpha value is -4.38. The first kappa shape index (κ1) is 34.5. The number of ether oxygens (including phenoxy) is 1. The highest BCUT2D eigenvalue weighted by Gasteiger charge is 2.41. The lowest BCUT2D eigenvalue weighted by Gasteiger charge is -2.44. The quantitative estimate of drug-likeness (QED) is 0.198. The first-order valence-electron chi connectivity index (χ1n) is 17.7. The van der Waals surface area contributed by atoms with Crippen LogP contribution in [0.5, 0.6) is 11.5 Å². The minimum atomic E-state index is -0.425. The molecule has 5 nitrogen and oxygen atoms in total. The monoisotopic (exact) mass is 656 g/mol. The van der Waals surface area contributed by atoms with E-state index in [2.05, 4.69) is 79.7 Å². The smallest absolute Gasteiger partial charge is 0.248 e. The van der Waals surface area contributed by atoms with Gasteiger partial charge in [-0.1, -0.05) is 91.8 Å². The molecule has 0 fully saturated rings. The summed E-state index contributed by atoms with van der Waals surface area (Å²) in [7, 11) is 0. The molecule has 2 aliphatic rings. The summed E-state index contributed by atoms with van der Waals surface area (Å²) in [5.41, 5.74) is 22.2. The van der Waals surface area contributed by atoms with Crippen LogP contribution in [0.15, 0.2) is 72.8 Å². The van der Waals surface area contributed by atoms with Gasteiger partial charge in [0.2, 0.25) is 11.8 Å². The SMILES string of the molecule is CC1(C)CCC(C)(C)c2c1ccc(Oc1ccc3c(c1Cc1ccc(C(N)=O)cc1)C(C)(C)CCC3(C)C)c2Cc1ccc(C(N)=O)cc1. The zero-order chi connectivity index (χ0) is 35.5. The van der Waals surface area contributed by atoms with Crippen LogP contribution in [-0.2, 0) is 34.5 Å². The summed E-state index contributed by atoms with van der Waals surface area (Å²) < 4.78 is 7.22. The number of carbonyl (C=O) groups is 2. The summed E-state index contributed by atoms with van der Waals surface area (Å²) >= 11 is 0. The summed E-state index contributed by atoms with van der Waals surface area (Å²) in [5, 5.41) is 0. The van der Waals surface area contributed by atoms with Crippen LogP contribution in [0.3, 0.4) is 0 Å². The standard InChI is InChI=1S/C44H52N2O3/c1-41(2)21-23-43(5,6)37-31(25-27-9-13-29(14-10-27)39(45)47)35(19-17-33(37)41)49-36-20-18-34-38(44(7,8)24-22-42(34,3)4)32(36)26-28-11-15-30(16-12-28)40(46)48/h9-20H,21-26H2,1-8H3,(H2,45,47)(H2,46,48). The van der Waals surface area contributed by atoms with Crippen LogP contribution in [0.2, 0.25) is 0 Å². The number of fused-ring (bicyclic) bond motifs is 2. The number of nitrogens with two attached hydrogens (primary N) is 2. The third-order valence-electron chi connectivity index (χ3n) is 11.6. The molecule has 2 amide bonds. The molecule has 2 aliphatic carbocycles. The van der Waals surface area contributed by atoms with Gasteiger partial charge in [0.25, 0.3) is 0 Å². The van der Waals surface area contributed by atoms with Gasteiger partial charge in [-0.3, -0.25) is 9.59 Å². The fourth-order valence-electron chi connectivity index (χ4n) is 8.34. The number of hydrogen-bond acceptors (Lipinski definition) is 3. The fourth-order valence-corrected chi connectivity index (χ4v) is 8.34. The first-order valence-corrected chi connectivity index (χ1v) is 17.7. The second-order valence-electron chi connectivity index (χ2n) is 17.0. The lowest BCUT2D eigenvalue weighted by molar-refractivity contribution is 0.0992. The summed E-state index contributed by atoms with van der Waals surface area (Å²) in [6.07, 6.45) is 5.75. The van der Waals surface area contributed by atoms with Gasteiger partial charge in [-0.15, -0.1) is 0 Å². The zero-order valence-electron chi connectivity index (χ0n) is 30.6. The van der Waals surface area contributed by atoms with Crippen LogP contribution >= 0.6 is 0 Å². The molecule has 5 heteroatoms. The Bertz CT molecular complexity index is 1790.